The highest BCUT2D eigenvalue weighted by Crippen LogP contribution is 2.38. The van der Waals surface area contributed by atoms with Gasteiger partial charge in [-0.15, -0.1) is 11.3 Å². The number of fused-ring (bicyclic) bond motifs is 2. The Kier molecular flexibility index (Phi) is 6.43. The Bertz CT molecular complexity index is 1130. The molecule has 0 saturated carbocycles. The summed E-state index contributed by atoms with van der Waals surface area (Å²) in [6.45, 7) is 4.95. The van der Waals surface area contributed by atoms with Crippen molar-refractivity contribution in [3.63, 3.8) is 0 Å². The van der Waals surface area contributed by atoms with Gasteiger partial charge in [-0.05, 0) is 56.2 Å². The largest absolute Gasteiger partial charge is 0.464 e. The van der Waals surface area contributed by atoms with E-state index in [1.807, 2.05) is 26.0 Å². The first kappa shape index (κ1) is 21.6. The van der Waals surface area contributed by atoms with Gasteiger partial charge in [-0.25, -0.2) is 0 Å². The van der Waals surface area contributed by atoms with Crippen molar-refractivity contribution in [2.45, 2.75) is 46.0 Å². The van der Waals surface area contributed by atoms with Crippen molar-refractivity contribution >= 4 is 39.1 Å². The summed E-state index contributed by atoms with van der Waals surface area (Å²) < 4.78 is 10.8. The van der Waals surface area contributed by atoms with Gasteiger partial charge in [0.05, 0.1) is 24.9 Å². The average molecular weight is 441 g/mol. The summed E-state index contributed by atoms with van der Waals surface area (Å²) >= 11 is 1.53. The Morgan fingerprint density at radius 1 is 1.19 bits per heavy atom. The van der Waals surface area contributed by atoms with Crippen LogP contribution in [0.4, 0.5) is 5.00 Å². The number of anilines is 1. The van der Waals surface area contributed by atoms with Crippen molar-refractivity contribution in [3.05, 3.63) is 51.1 Å². The van der Waals surface area contributed by atoms with Crippen molar-refractivity contribution in [2.75, 3.05) is 25.6 Å². The third-order valence-corrected chi connectivity index (χ3v) is 7.14. The number of aryl methyl sites for hydroxylation is 3. The van der Waals surface area contributed by atoms with Crippen LogP contribution < -0.4 is 10.6 Å². The molecule has 1 aliphatic rings. The van der Waals surface area contributed by atoms with E-state index in [4.69, 9.17) is 9.15 Å². The van der Waals surface area contributed by atoms with E-state index in [2.05, 4.69) is 10.6 Å². The molecule has 0 fully saturated rings. The van der Waals surface area contributed by atoms with E-state index in [1.165, 1.54) is 16.2 Å². The highest BCUT2D eigenvalue weighted by molar-refractivity contribution is 7.17. The lowest BCUT2D eigenvalue weighted by Gasteiger charge is -2.13. The maximum atomic E-state index is 12.9. The number of benzene rings is 1. The van der Waals surface area contributed by atoms with E-state index in [1.54, 1.807) is 13.4 Å². The summed E-state index contributed by atoms with van der Waals surface area (Å²) in [7, 11) is 1.60. The fraction of sp³-hybridized carbons (Fsp3) is 0.417. The molecule has 4 rings (SSSR count). The Labute approximate surface area is 186 Å². The molecule has 0 radical (unpaired) electrons. The predicted octanol–water partition coefficient (Wildman–Crippen LogP) is 4.55. The lowest BCUT2D eigenvalue weighted by atomic mass is 9.95. The summed E-state index contributed by atoms with van der Waals surface area (Å²) in [5.41, 5.74) is 5.63. The van der Waals surface area contributed by atoms with Crippen molar-refractivity contribution in [2.24, 2.45) is 0 Å². The first-order chi connectivity index (χ1) is 15.0. The third-order valence-electron chi connectivity index (χ3n) is 5.94. The van der Waals surface area contributed by atoms with E-state index >= 15 is 0 Å². The second kappa shape index (κ2) is 9.24. The molecule has 3 aromatic rings. The van der Waals surface area contributed by atoms with Crippen LogP contribution in [0.5, 0.6) is 0 Å². The molecular formula is C24H28N2O4S. The Morgan fingerprint density at radius 2 is 2.00 bits per heavy atom. The van der Waals surface area contributed by atoms with Gasteiger partial charge in [0.2, 0.25) is 5.91 Å². The van der Waals surface area contributed by atoms with Crippen LogP contribution >= 0.6 is 11.3 Å². The van der Waals surface area contributed by atoms with E-state index < -0.39 is 0 Å². The molecule has 0 saturated heterocycles. The molecule has 7 heteroatoms. The quantitative estimate of drug-likeness (QED) is 0.528. The van der Waals surface area contributed by atoms with Crippen LogP contribution in [0.1, 0.15) is 50.3 Å². The first-order valence-corrected chi connectivity index (χ1v) is 11.5. The van der Waals surface area contributed by atoms with Gasteiger partial charge < -0.3 is 19.8 Å². The topological polar surface area (TPSA) is 80.6 Å². The zero-order valence-electron chi connectivity index (χ0n) is 18.2. The summed E-state index contributed by atoms with van der Waals surface area (Å²) in [5.74, 6) is -0.294. The molecule has 2 amide bonds. The van der Waals surface area contributed by atoms with Crippen LogP contribution in [-0.2, 0) is 28.8 Å². The monoisotopic (exact) mass is 440 g/mol. The number of nitrogens with one attached hydrogen (secondary N) is 2. The standard InChI is InChI=1S/C24H28N2O4S/c1-14-8-9-17-16(13-30-22(17)15(14)2)12-20(27)26-24-21(23(28)25-10-11-29-3)18-6-4-5-7-19(18)31-24/h8-9,13H,4-7,10-12H2,1-3H3,(H,25,28)(H,26,27). The molecule has 1 aliphatic carbocycles. The molecule has 1 aromatic carbocycles. The molecule has 0 atom stereocenters. The number of carbonyl (C=O) groups excluding carboxylic acids is 2. The molecule has 164 valence electrons. The second-order valence-electron chi connectivity index (χ2n) is 8.03. The van der Waals surface area contributed by atoms with Gasteiger partial charge in [-0.3, -0.25) is 9.59 Å². The van der Waals surface area contributed by atoms with Crippen LogP contribution in [0.3, 0.4) is 0 Å². The van der Waals surface area contributed by atoms with E-state index in [0.717, 1.165) is 58.9 Å². The highest BCUT2D eigenvalue weighted by atomic mass is 32.1. The number of ether oxygens (including phenoxy) is 1. The van der Waals surface area contributed by atoms with Crippen molar-refractivity contribution in [1.82, 2.24) is 5.32 Å². The van der Waals surface area contributed by atoms with Crippen molar-refractivity contribution < 1.29 is 18.7 Å². The minimum Gasteiger partial charge on any atom is -0.464 e. The fourth-order valence-electron chi connectivity index (χ4n) is 4.12. The van der Waals surface area contributed by atoms with Crippen molar-refractivity contribution in [3.8, 4) is 0 Å². The van der Waals surface area contributed by atoms with E-state index in [-0.39, 0.29) is 18.2 Å². The number of hydrogen-bond acceptors (Lipinski definition) is 5. The van der Waals surface area contributed by atoms with Crippen LogP contribution in [0, 0.1) is 13.8 Å². The summed E-state index contributed by atoms with van der Waals surface area (Å²) in [6, 6.07) is 4.05. The highest BCUT2D eigenvalue weighted by Gasteiger charge is 2.26. The number of hydrogen-bond donors (Lipinski definition) is 2. The lowest BCUT2D eigenvalue weighted by molar-refractivity contribution is -0.115. The second-order valence-corrected chi connectivity index (χ2v) is 9.14. The lowest BCUT2D eigenvalue weighted by Crippen LogP contribution is -2.28. The normalized spacial score (nSPS) is 13.3. The molecule has 0 spiro atoms. The molecule has 0 unspecified atom stereocenters. The minimum absolute atomic E-state index is 0.147. The molecule has 2 N–H and O–H groups in total. The zero-order chi connectivity index (χ0) is 22.0. The zero-order valence-corrected chi connectivity index (χ0v) is 19.0. The van der Waals surface area contributed by atoms with Crippen LogP contribution in [-0.4, -0.2) is 32.1 Å². The van der Waals surface area contributed by atoms with Gasteiger partial charge >= 0.3 is 0 Å². The van der Waals surface area contributed by atoms with Gasteiger partial charge in [-0.1, -0.05) is 12.1 Å². The molecule has 31 heavy (non-hydrogen) atoms. The minimum atomic E-state index is -0.148. The number of methoxy groups -OCH3 is 1. The average Bonchev–Trinajstić information content (AvgIpc) is 3.32. The molecular weight excluding hydrogens is 412 g/mol. The van der Waals surface area contributed by atoms with E-state index in [9.17, 15) is 9.59 Å². The van der Waals surface area contributed by atoms with Gasteiger partial charge in [0.25, 0.3) is 5.91 Å². The first-order valence-electron chi connectivity index (χ1n) is 10.7. The van der Waals surface area contributed by atoms with Crippen LogP contribution in [0.2, 0.25) is 0 Å². The van der Waals surface area contributed by atoms with Gasteiger partial charge in [0, 0.05) is 29.5 Å². The Morgan fingerprint density at radius 3 is 2.81 bits per heavy atom. The predicted molar refractivity (Wildman–Crippen MR) is 123 cm³/mol. The SMILES string of the molecule is COCCNC(=O)c1c(NC(=O)Cc2coc3c(C)c(C)ccc23)sc2c1CCCC2. The van der Waals surface area contributed by atoms with Gasteiger partial charge in [-0.2, -0.15) is 0 Å². The number of rotatable bonds is 7. The van der Waals surface area contributed by atoms with Crippen molar-refractivity contribution in [1.29, 1.82) is 0 Å². The third kappa shape index (κ3) is 4.38. The maximum absolute atomic E-state index is 12.9. The van der Waals surface area contributed by atoms with Gasteiger partial charge in [0.15, 0.2) is 0 Å². The number of carbonyl (C=O) groups is 2. The summed E-state index contributed by atoms with van der Waals surface area (Å²) in [6.07, 6.45) is 5.87. The van der Waals surface area contributed by atoms with Crippen LogP contribution in [0.15, 0.2) is 22.8 Å². The maximum Gasteiger partial charge on any atom is 0.254 e. The Hall–Kier alpha value is -2.64. The number of furan rings is 1. The van der Waals surface area contributed by atoms with Gasteiger partial charge in [0.1, 0.15) is 10.6 Å². The van der Waals surface area contributed by atoms with E-state index in [0.29, 0.717) is 23.7 Å². The molecule has 6 nitrogen and oxygen atoms in total. The smallest absolute Gasteiger partial charge is 0.254 e. The number of thiophene rings is 1. The molecule has 0 aliphatic heterocycles. The Balaban J connectivity index is 1.56. The number of amides is 2. The molecule has 2 heterocycles. The summed E-state index contributed by atoms with van der Waals surface area (Å²) in [5, 5.41) is 7.53. The molecule has 0 bridgehead atoms. The summed E-state index contributed by atoms with van der Waals surface area (Å²) in [4.78, 5) is 27.0. The molecule has 2 aromatic heterocycles. The fourth-order valence-corrected chi connectivity index (χ4v) is 5.42. The van der Waals surface area contributed by atoms with Crippen LogP contribution in [0.25, 0.3) is 11.0 Å².